The zero-order chi connectivity index (χ0) is 12.3. The van der Waals surface area contributed by atoms with Crippen LogP contribution in [-0.2, 0) is 6.54 Å². The van der Waals surface area contributed by atoms with E-state index in [0.29, 0.717) is 6.04 Å². The number of likely N-dealkylation sites (tertiary alicyclic amines) is 1. The number of hydrogen-bond acceptors (Lipinski definition) is 4. The second kappa shape index (κ2) is 5.47. The Kier molecular flexibility index (Phi) is 3.97. The van der Waals surface area contributed by atoms with Crippen LogP contribution in [0.4, 0.5) is 5.82 Å². The summed E-state index contributed by atoms with van der Waals surface area (Å²) in [6, 6.07) is 4.61. The van der Waals surface area contributed by atoms with E-state index in [1.165, 1.54) is 5.56 Å². The minimum atomic E-state index is 0.355. The van der Waals surface area contributed by atoms with Gasteiger partial charge in [0.1, 0.15) is 5.82 Å². The van der Waals surface area contributed by atoms with Gasteiger partial charge in [-0.1, -0.05) is 6.07 Å². The summed E-state index contributed by atoms with van der Waals surface area (Å²) in [6.07, 6.45) is 3.09. The molecule has 4 heteroatoms. The molecule has 1 aromatic heterocycles. The Labute approximate surface area is 103 Å². The SMILES string of the molecule is CCN(C)c1ccc(CN2CCC(N)C2)cn1. The molecule has 94 valence electrons. The van der Waals surface area contributed by atoms with Crippen molar-refractivity contribution in [1.29, 1.82) is 0 Å². The number of nitrogens with two attached hydrogens (primary N) is 1. The van der Waals surface area contributed by atoms with Gasteiger partial charge in [-0.3, -0.25) is 4.90 Å². The summed E-state index contributed by atoms with van der Waals surface area (Å²) in [5.74, 6) is 1.04. The van der Waals surface area contributed by atoms with E-state index in [9.17, 15) is 0 Å². The van der Waals surface area contributed by atoms with E-state index in [1.807, 2.05) is 6.20 Å². The van der Waals surface area contributed by atoms with Gasteiger partial charge in [-0.25, -0.2) is 4.98 Å². The molecule has 0 saturated carbocycles. The normalized spacial score (nSPS) is 20.8. The number of anilines is 1. The fourth-order valence-electron chi connectivity index (χ4n) is 2.16. The van der Waals surface area contributed by atoms with Gasteiger partial charge in [0.15, 0.2) is 0 Å². The molecule has 1 saturated heterocycles. The summed E-state index contributed by atoms with van der Waals surface area (Å²) in [7, 11) is 2.06. The highest BCUT2D eigenvalue weighted by Crippen LogP contribution is 2.14. The topological polar surface area (TPSA) is 45.4 Å². The molecule has 2 heterocycles. The minimum absolute atomic E-state index is 0.355. The predicted molar refractivity (Wildman–Crippen MR) is 71.1 cm³/mol. The molecule has 4 nitrogen and oxygen atoms in total. The number of nitrogens with zero attached hydrogens (tertiary/aromatic N) is 3. The summed E-state index contributed by atoms with van der Waals surface area (Å²) in [5.41, 5.74) is 7.17. The molecule has 0 spiro atoms. The molecule has 1 aliphatic rings. The summed E-state index contributed by atoms with van der Waals surface area (Å²) in [5, 5.41) is 0. The van der Waals surface area contributed by atoms with Gasteiger partial charge in [-0.05, 0) is 25.0 Å². The molecule has 1 fully saturated rings. The van der Waals surface area contributed by atoms with Gasteiger partial charge in [0.25, 0.3) is 0 Å². The highest BCUT2D eigenvalue weighted by atomic mass is 15.2. The van der Waals surface area contributed by atoms with Gasteiger partial charge in [0.2, 0.25) is 0 Å². The Hall–Kier alpha value is -1.13. The molecule has 0 amide bonds. The zero-order valence-corrected chi connectivity index (χ0v) is 10.8. The molecule has 2 rings (SSSR count). The lowest BCUT2D eigenvalue weighted by Gasteiger charge is -2.17. The molecule has 17 heavy (non-hydrogen) atoms. The van der Waals surface area contributed by atoms with Crippen molar-refractivity contribution in [3.8, 4) is 0 Å². The molecule has 1 aromatic rings. The Balaban J connectivity index is 1.94. The third kappa shape index (κ3) is 3.17. The first kappa shape index (κ1) is 12.3. The highest BCUT2D eigenvalue weighted by Gasteiger charge is 2.18. The quantitative estimate of drug-likeness (QED) is 0.846. The fraction of sp³-hybridized carbons (Fsp3) is 0.615. The van der Waals surface area contributed by atoms with Crippen LogP contribution in [0.2, 0.25) is 0 Å². The summed E-state index contributed by atoms with van der Waals surface area (Å²) < 4.78 is 0. The second-order valence-corrected chi connectivity index (χ2v) is 4.82. The second-order valence-electron chi connectivity index (χ2n) is 4.82. The molecule has 2 N–H and O–H groups in total. The molecule has 0 aliphatic carbocycles. The van der Waals surface area contributed by atoms with Crippen LogP contribution in [0.3, 0.4) is 0 Å². The average molecular weight is 234 g/mol. The highest BCUT2D eigenvalue weighted by molar-refractivity contribution is 5.37. The van der Waals surface area contributed by atoms with Gasteiger partial charge < -0.3 is 10.6 Å². The Morgan fingerprint density at radius 2 is 2.35 bits per heavy atom. The van der Waals surface area contributed by atoms with E-state index in [4.69, 9.17) is 5.73 Å². The Bertz CT molecular complexity index is 349. The molecule has 1 aliphatic heterocycles. The van der Waals surface area contributed by atoms with Crippen molar-refractivity contribution < 1.29 is 0 Å². The fourth-order valence-corrected chi connectivity index (χ4v) is 2.16. The smallest absolute Gasteiger partial charge is 0.128 e. The first-order chi connectivity index (χ1) is 8.19. The van der Waals surface area contributed by atoms with Gasteiger partial charge in [0.05, 0.1) is 0 Å². The van der Waals surface area contributed by atoms with Gasteiger partial charge in [-0.2, -0.15) is 0 Å². The van der Waals surface area contributed by atoms with Crippen LogP contribution in [-0.4, -0.2) is 42.6 Å². The molecule has 1 atom stereocenters. The lowest BCUT2D eigenvalue weighted by atomic mass is 10.2. The van der Waals surface area contributed by atoms with Crippen LogP contribution in [0.1, 0.15) is 18.9 Å². The maximum atomic E-state index is 5.90. The zero-order valence-electron chi connectivity index (χ0n) is 10.8. The van der Waals surface area contributed by atoms with Crippen molar-refractivity contribution >= 4 is 5.82 Å². The standard InChI is InChI=1S/C13H22N4/c1-3-16(2)13-5-4-11(8-15-13)9-17-7-6-12(14)10-17/h4-5,8,12H,3,6-7,9-10,14H2,1-2H3. The van der Waals surface area contributed by atoms with Crippen LogP contribution in [0.25, 0.3) is 0 Å². The third-order valence-corrected chi connectivity index (χ3v) is 3.39. The van der Waals surface area contributed by atoms with E-state index in [0.717, 1.165) is 38.4 Å². The maximum absolute atomic E-state index is 5.90. The van der Waals surface area contributed by atoms with Gasteiger partial charge >= 0.3 is 0 Å². The molecular weight excluding hydrogens is 212 g/mol. The van der Waals surface area contributed by atoms with E-state index < -0.39 is 0 Å². The van der Waals surface area contributed by atoms with Crippen molar-refractivity contribution in [3.63, 3.8) is 0 Å². The minimum Gasteiger partial charge on any atom is -0.360 e. The molecule has 0 bridgehead atoms. The van der Waals surface area contributed by atoms with E-state index in [2.05, 4.69) is 40.9 Å². The van der Waals surface area contributed by atoms with Crippen LogP contribution >= 0.6 is 0 Å². The first-order valence-electron chi connectivity index (χ1n) is 6.33. The van der Waals surface area contributed by atoms with Crippen molar-refractivity contribution in [2.24, 2.45) is 5.73 Å². The average Bonchev–Trinajstić information content (AvgIpc) is 2.75. The number of hydrogen-bond donors (Lipinski definition) is 1. The van der Waals surface area contributed by atoms with Crippen LogP contribution in [0.5, 0.6) is 0 Å². The van der Waals surface area contributed by atoms with Gasteiger partial charge in [-0.15, -0.1) is 0 Å². The van der Waals surface area contributed by atoms with Crippen molar-refractivity contribution in [2.75, 3.05) is 31.6 Å². The van der Waals surface area contributed by atoms with E-state index in [-0.39, 0.29) is 0 Å². The molecule has 0 aromatic carbocycles. The van der Waals surface area contributed by atoms with Crippen LogP contribution < -0.4 is 10.6 Å². The Morgan fingerprint density at radius 1 is 1.53 bits per heavy atom. The summed E-state index contributed by atoms with van der Waals surface area (Å²) in [4.78, 5) is 9.01. The Morgan fingerprint density at radius 3 is 2.88 bits per heavy atom. The molecule has 0 radical (unpaired) electrons. The van der Waals surface area contributed by atoms with Crippen molar-refractivity contribution in [2.45, 2.75) is 25.9 Å². The van der Waals surface area contributed by atoms with Gasteiger partial charge in [0, 0.05) is 45.5 Å². The van der Waals surface area contributed by atoms with Crippen molar-refractivity contribution in [1.82, 2.24) is 9.88 Å². The number of rotatable bonds is 4. The first-order valence-corrected chi connectivity index (χ1v) is 6.33. The molecule has 1 unspecified atom stereocenters. The lowest BCUT2D eigenvalue weighted by Crippen LogP contribution is -2.26. The van der Waals surface area contributed by atoms with Crippen LogP contribution in [0.15, 0.2) is 18.3 Å². The largest absolute Gasteiger partial charge is 0.360 e. The van der Waals surface area contributed by atoms with E-state index >= 15 is 0 Å². The predicted octanol–water partition coefficient (Wildman–Crippen LogP) is 1.07. The number of aromatic nitrogens is 1. The van der Waals surface area contributed by atoms with E-state index in [1.54, 1.807) is 0 Å². The molecular formula is C13H22N4. The monoisotopic (exact) mass is 234 g/mol. The summed E-state index contributed by atoms with van der Waals surface area (Å²) in [6.45, 7) is 6.19. The van der Waals surface area contributed by atoms with Crippen molar-refractivity contribution in [3.05, 3.63) is 23.9 Å². The summed E-state index contributed by atoms with van der Waals surface area (Å²) >= 11 is 0. The lowest BCUT2D eigenvalue weighted by molar-refractivity contribution is 0.326. The third-order valence-electron chi connectivity index (χ3n) is 3.39. The maximum Gasteiger partial charge on any atom is 0.128 e. The number of pyridine rings is 1. The van der Waals surface area contributed by atoms with Crippen LogP contribution in [0, 0.1) is 0 Å².